The molecule has 2 N–H and O–H groups in total. The fourth-order valence-corrected chi connectivity index (χ4v) is 1.36. The Bertz CT molecular complexity index is 483. The molecule has 1 atom stereocenters. The van der Waals surface area contributed by atoms with E-state index in [9.17, 15) is 10.1 Å². The Hall–Kier alpha value is -1.71. The van der Waals surface area contributed by atoms with Crippen molar-refractivity contribution in [2.75, 3.05) is 0 Å². The van der Waals surface area contributed by atoms with Crippen molar-refractivity contribution in [2.45, 2.75) is 4.87 Å². The van der Waals surface area contributed by atoms with Gasteiger partial charge >= 0.3 is 0 Å². The van der Waals surface area contributed by atoms with Crippen molar-refractivity contribution in [3.05, 3.63) is 39.9 Å². The van der Waals surface area contributed by atoms with Crippen molar-refractivity contribution in [3.8, 4) is 6.07 Å². The first-order valence-electron chi connectivity index (χ1n) is 4.07. The van der Waals surface area contributed by atoms with Crippen LogP contribution in [0, 0.1) is 21.4 Å². The predicted molar refractivity (Wildman–Crippen MR) is 63.0 cm³/mol. The molecule has 5 nitrogen and oxygen atoms in total. The molecule has 0 saturated heterocycles. The SMILES string of the molecule is N#CC(Cl)(C(N)=S)c1ccc([N+](=O)[O-])cc1. The number of benzene rings is 1. The first-order valence-corrected chi connectivity index (χ1v) is 4.85. The Labute approximate surface area is 102 Å². The topological polar surface area (TPSA) is 93.0 Å². The highest BCUT2D eigenvalue weighted by Gasteiger charge is 2.33. The zero-order valence-electron chi connectivity index (χ0n) is 7.88. The largest absolute Gasteiger partial charge is 0.391 e. The number of nitrogens with zero attached hydrogens (tertiary/aromatic N) is 2. The lowest BCUT2D eigenvalue weighted by Gasteiger charge is -2.17. The summed E-state index contributed by atoms with van der Waals surface area (Å²) >= 11 is 10.6. The van der Waals surface area contributed by atoms with E-state index in [2.05, 4.69) is 12.2 Å². The summed E-state index contributed by atoms with van der Waals surface area (Å²) < 4.78 is 0. The van der Waals surface area contributed by atoms with E-state index in [4.69, 9.17) is 22.6 Å². The van der Waals surface area contributed by atoms with Crippen LogP contribution in [0.15, 0.2) is 24.3 Å². The molecule has 0 fully saturated rings. The number of hydrogen-bond acceptors (Lipinski definition) is 4. The lowest BCUT2D eigenvalue weighted by atomic mass is 9.99. The summed E-state index contributed by atoms with van der Waals surface area (Å²) in [5.74, 6) is 0. The fraction of sp³-hybridized carbons (Fsp3) is 0.111. The van der Waals surface area contributed by atoms with Gasteiger partial charge in [-0.05, 0) is 17.7 Å². The molecule has 16 heavy (non-hydrogen) atoms. The number of thiocarbonyl (C=S) groups is 1. The van der Waals surface area contributed by atoms with Crippen LogP contribution >= 0.6 is 23.8 Å². The number of alkyl halides is 1. The Morgan fingerprint density at radius 1 is 1.56 bits per heavy atom. The molecule has 0 amide bonds. The third-order valence-electron chi connectivity index (χ3n) is 1.97. The van der Waals surface area contributed by atoms with Gasteiger partial charge in [-0.15, -0.1) is 0 Å². The summed E-state index contributed by atoms with van der Waals surface area (Å²) in [4.78, 5) is 8.06. The second kappa shape index (κ2) is 4.43. The van der Waals surface area contributed by atoms with E-state index in [0.717, 1.165) is 0 Å². The normalized spacial score (nSPS) is 13.5. The van der Waals surface area contributed by atoms with Crippen LogP contribution in [-0.2, 0) is 4.87 Å². The van der Waals surface area contributed by atoms with Crippen LogP contribution in [-0.4, -0.2) is 9.91 Å². The van der Waals surface area contributed by atoms with E-state index in [1.165, 1.54) is 24.3 Å². The summed E-state index contributed by atoms with van der Waals surface area (Å²) in [5.41, 5.74) is 5.58. The van der Waals surface area contributed by atoms with Crippen molar-refractivity contribution in [1.82, 2.24) is 0 Å². The van der Waals surface area contributed by atoms with Gasteiger partial charge in [-0.25, -0.2) is 0 Å². The van der Waals surface area contributed by atoms with Crippen LogP contribution < -0.4 is 5.73 Å². The molecule has 0 spiro atoms. The van der Waals surface area contributed by atoms with Gasteiger partial charge in [-0.2, -0.15) is 5.26 Å². The lowest BCUT2D eigenvalue weighted by Crippen LogP contribution is -2.33. The molecule has 0 heterocycles. The number of nitro benzene ring substituents is 1. The summed E-state index contributed by atoms with van der Waals surface area (Å²) in [5, 5.41) is 19.3. The van der Waals surface area contributed by atoms with Gasteiger partial charge in [-0.3, -0.25) is 10.1 Å². The van der Waals surface area contributed by atoms with Gasteiger partial charge < -0.3 is 5.73 Å². The van der Waals surface area contributed by atoms with Crippen LogP contribution in [0.3, 0.4) is 0 Å². The highest BCUT2D eigenvalue weighted by Crippen LogP contribution is 2.30. The average molecular weight is 256 g/mol. The van der Waals surface area contributed by atoms with Crippen LogP contribution in [0.4, 0.5) is 5.69 Å². The summed E-state index contributed by atoms with van der Waals surface area (Å²) in [7, 11) is 0. The Morgan fingerprint density at radius 3 is 2.38 bits per heavy atom. The number of nitriles is 1. The maximum atomic E-state index is 10.4. The number of nitrogens with two attached hydrogens (primary N) is 1. The third-order valence-corrected chi connectivity index (χ3v) is 2.89. The second-order valence-electron chi connectivity index (χ2n) is 2.94. The highest BCUT2D eigenvalue weighted by atomic mass is 35.5. The molecule has 0 radical (unpaired) electrons. The molecule has 0 saturated carbocycles. The van der Waals surface area contributed by atoms with Crippen LogP contribution in [0.2, 0.25) is 0 Å². The molecular weight excluding hydrogens is 250 g/mol. The molecule has 1 aromatic rings. The van der Waals surface area contributed by atoms with E-state index in [1.807, 2.05) is 0 Å². The molecule has 0 aliphatic carbocycles. The minimum absolute atomic E-state index is 0.0938. The number of halogens is 1. The Kier molecular flexibility index (Phi) is 3.42. The van der Waals surface area contributed by atoms with Gasteiger partial charge in [-0.1, -0.05) is 23.8 Å². The smallest absolute Gasteiger partial charge is 0.269 e. The quantitative estimate of drug-likeness (QED) is 0.385. The van der Waals surface area contributed by atoms with E-state index >= 15 is 0 Å². The van der Waals surface area contributed by atoms with E-state index in [0.29, 0.717) is 5.56 Å². The Morgan fingerprint density at radius 2 is 2.06 bits per heavy atom. The maximum absolute atomic E-state index is 10.4. The molecule has 1 aromatic carbocycles. The van der Waals surface area contributed by atoms with Crippen LogP contribution in [0.1, 0.15) is 5.56 Å². The van der Waals surface area contributed by atoms with Gasteiger partial charge in [0.1, 0.15) is 4.99 Å². The molecule has 0 bridgehead atoms. The number of non-ortho nitro benzene ring substituents is 1. The van der Waals surface area contributed by atoms with E-state index in [-0.39, 0.29) is 10.7 Å². The summed E-state index contributed by atoms with van der Waals surface area (Å²) in [6.45, 7) is 0. The van der Waals surface area contributed by atoms with Gasteiger partial charge in [0.15, 0.2) is 0 Å². The lowest BCUT2D eigenvalue weighted by molar-refractivity contribution is -0.384. The average Bonchev–Trinajstić information content (AvgIpc) is 2.27. The van der Waals surface area contributed by atoms with Crippen LogP contribution in [0.25, 0.3) is 0 Å². The minimum atomic E-state index is -1.62. The first kappa shape index (κ1) is 12.4. The number of nitro groups is 1. The molecule has 1 unspecified atom stereocenters. The predicted octanol–water partition coefficient (Wildman–Crippen LogP) is 1.84. The van der Waals surface area contributed by atoms with Crippen LogP contribution in [0.5, 0.6) is 0 Å². The minimum Gasteiger partial charge on any atom is -0.391 e. The molecule has 0 aliphatic heterocycles. The summed E-state index contributed by atoms with van der Waals surface area (Å²) in [6.07, 6.45) is 0. The molecule has 82 valence electrons. The van der Waals surface area contributed by atoms with Gasteiger partial charge in [0.25, 0.3) is 5.69 Å². The molecule has 7 heteroatoms. The zero-order valence-corrected chi connectivity index (χ0v) is 9.46. The highest BCUT2D eigenvalue weighted by molar-refractivity contribution is 7.80. The Balaban J connectivity index is 3.21. The van der Waals surface area contributed by atoms with E-state index in [1.54, 1.807) is 6.07 Å². The number of hydrogen-bond donors (Lipinski definition) is 1. The monoisotopic (exact) mass is 255 g/mol. The third kappa shape index (κ3) is 2.10. The fourth-order valence-electron chi connectivity index (χ4n) is 1.07. The number of rotatable bonds is 3. The molecule has 0 aliphatic rings. The van der Waals surface area contributed by atoms with Crippen molar-refractivity contribution in [3.63, 3.8) is 0 Å². The van der Waals surface area contributed by atoms with Gasteiger partial charge in [0.2, 0.25) is 4.87 Å². The second-order valence-corrected chi connectivity index (χ2v) is 3.95. The van der Waals surface area contributed by atoms with Crippen molar-refractivity contribution in [2.24, 2.45) is 5.73 Å². The summed E-state index contributed by atoms with van der Waals surface area (Å²) in [6, 6.07) is 6.96. The van der Waals surface area contributed by atoms with Crippen molar-refractivity contribution < 1.29 is 4.92 Å². The van der Waals surface area contributed by atoms with Crippen molar-refractivity contribution >= 4 is 34.5 Å². The standard InChI is InChI=1S/C9H6ClN3O2S/c10-9(5-11,8(12)16)6-1-3-7(4-2-6)13(14)15/h1-4H,(H2,12,16). The molecule has 1 rings (SSSR count). The molecule has 0 aromatic heterocycles. The van der Waals surface area contributed by atoms with Gasteiger partial charge in [0.05, 0.1) is 11.0 Å². The maximum Gasteiger partial charge on any atom is 0.269 e. The van der Waals surface area contributed by atoms with Crippen molar-refractivity contribution in [1.29, 1.82) is 5.26 Å². The zero-order chi connectivity index (χ0) is 12.3. The molecular formula is C9H6ClN3O2S. The van der Waals surface area contributed by atoms with Gasteiger partial charge in [0, 0.05) is 12.1 Å². The van der Waals surface area contributed by atoms with E-state index < -0.39 is 9.80 Å². The first-order chi connectivity index (χ1) is 7.41.